The van der Waals surface area contributed by atoms with Crippen LogP contribution in [-0.4, -0.2) is 66.5 Å². The first kappa shape index (κ1) is 23.3. The molecule has 2 heterocycles. The van der Waals surface area contributed by atoms with Gasteiger partial charge in [-0.3, -0.25) is 9.79 Å². The van der Waals surface area contributed by atoms with Crippen LogP contribution in [0.3, 0.4) is 0 Å². The van der Waals surface area contributed by atoms with Crippen LogP contribution in [-0.2, 0) is 17.5 Å². The average molecular weight is 449 g/mol. The number of carbonyl (C=O) groups excluding carboxylic acids is 1. The number of aliphatic imine (C=N–C) groups is 1. The molecule has 1 aliphatic rings. The normalized spacial score (nSPS) is 14.9. The summed E-state index contributed by atoms with van der Waals surface area (Å²) < 4.78 is 38.5. The summed E-state index contributed by atoms with van der Waals surface area (Å²) in [6.07, 6.45) is -0.707. The van der Waals surface area contributed by atoms with Crippen molar-refractivity contribution < 1.29 is 18.0 Å². The van der Waals surface area contributed by atoms with E-state index >= 15 is 0 Å². The number of anilines is 1. The highest BCUT2D eigenvalue weighted by Gasteiger charge is 2.30. The molecular weight excluding hydrogens is 423 g/mol. The SMILES string of the molecule is CN=C(NCCC(=O)N1CCN(c2ncccn2)CC1)NCc1cccc(C(F)(F)F)c1. The maximum Gasteiger partial charge on any atom is 0.416 e. The van der Waals surface area contributed by atoms with E-state index in [-0.39, 0.29) is 18.9 Å². The second-order valence-electron chi connectivity index (χ2n) is 7.22. The van der Waals surface area contributed by atoms with Gasteiger partial charge in [0.05, 0.1) is 5.56 Å². The number of benzene rings is 1. The summed E-state index contributed by atoms with van der Waals surface area (Å²) in [5.74, 6) is 1.11. The van der Waals surface area contributed by atoms with Crippen molar-refractivity contribution in [2.24, 2.45) is 4.99 Å². The Hall–Kier alpha value is -3.37. The lowest BCUT2D eigenvalue weighted by atomic mass is 10.1. The van der Waals surface area contributed by atoms with Gasteiger partial charge in [0.2, 0.25) is 11.9 Å². The van der Waals surface area contributed by atoms with Crippen LogP contribution in [0.2, 0.25) is 0 Å². The lowest BCUT2D eigenvalue weighted by Crippen LogP contribution is -2.50. The molecular formula is C21H26F3N7O. The van der Waals surface area contributed by atoms with Gasteiger partial charge >= 0.3 is 6.18 Å². The molecule has 0 bridgehead atoms. The van der Waals surface area contributed by atoms with E-state index in [0.29, 0.717) is 50.2 Å². The van der Waals surface area contributed by atoms with Gasteiger partial charge in [-0.05, 0) is 23.8 Å². The van der Waals surface area contributed by atoms with Crippen LogP contribution in [0.1, 0.15) is 17.5 Å². The van der Waals surface area contributed by atoms with E-state index in [9.17, 15) is 18.0 Å². The smallest absolute Gasteiger partial charge is 0.356 e. The Morgan fingerprint density at radius 1 is 1.09 bits per heavy atom. The zero-order chi connectivity index (χ0) is 23.0. The molecule has 0 radical (unpaired) electrons. The summed E-state index contributed by atoms with van der Waals surface area (Å²) in [4.78, 5) is 28.9. The van der Waals surface area contributed by atoms with Crippen LogP contribution in [0, 0.1) is 0 Å². The van der Waals surface area contributed by atoms with Crippen molar-refractivity contribution in [2.45, 2.75) is 19.1 Å². The van der Waals surface area contributed by atoms with Crippen LogP contribution in [0.5, 0.6) is 0 Å². The minimum atomic E-state index is -4.38. The third-order valence-corrected chi connectivity index (χ3v) is 5.04. The van der Waals surface area contributed by atoms with Crippen molar-refractivity contribution in [1.29, 1.82) is 0 Å². The molecule has 2 aromatic rings. The molecule has 1 saturated heterocycles. The van der Waals surface area contributed by atoms with Crippen molar-refractivity contribution in [1.82, 2.24) is 25.5 Å². The Morgan fingerprint density at radius 3 is 2.47 bits per heavy atom. The highest BCUT2D eigenvalue weighted by Crippen LogP contribution is 2.29. The number of hydrogen-bond acceptors (Lipinski definition) is 5. The largest absolute Gasteiger partial charge is 0.416 e. The molecule has 0 spiro atoms. The summed E-state index contributed by atoms with van der Waals surface area (Å²) in [5, 5.41) is 6.00. The van der Waals surface area contributed by atoms with Crippen molar-refractivity contribution >= 4 is 17.8 Å². The Labute approximate surface area is 184 Å². The second kappa shape index (κ2) is 10.8. The quantitative estimate of drug-likeness (QED) is 0.518. The van der Waals surface area contributed by atoms with Crippen molar-refractivity contribution in [3.05, 3.63) is 53.9 Å². The van der Waals surface area contributed by atoms with Gasteiger partial charge in [0.25, 0.3) is 0 Å². The van der Waals surface area contributed by atoms with Crippen molar-refractivity contribution in [2.75, 3.05) is 44.7 Å². The summed E-state index contributed by atoms with van der Waals surface area (Å²) in [6.45, 7) is 3.08. The standard InChI is InChI=1S/C21H26F3N7O/c1-25-19(29-15-16-4-2-5-17(14-16)21(22,23)24)26-9-6-18(32)30-10-12-31(13-11-30)20-27-7-3-8-28-20/h2-5,7-8,14H,6,9-13,15H2,1H3,(H2,25,26,29). The number of amides is 1. The van der Waals surface area contributed by atoms with Crippen LogP contribution >= 0.6 is 0 Å². The lowest BCUT2D eigenvalue weighted by Gasteiger charge is -2.34. The van der Waals surface area contributed by atoms with Gasteiger partial charge in [0.15, 0.2) is 5.96 Å². The number of guanidine groups is 1. The molecule has 1 amide bonds. The monoisotopic (exact) mass is 449 g/mol. The first-order chi connectivity index (χ1) is 15.4. The number of rotatable bonds is 6. The molecule has 1 aliphatic heterocycles. The van der Waals surface area contributed by atoms with Crippen LogP contribution < -0.4 is 15.5 Å². The van der Waals surface area contributed by atoms with Gasteiger partial charge in [0.1, 0.15) is 0 Å². The molecule has 1 aromatic carbocycles. The van der Waals surface area contributed by atoms with E-state index in [1.807, 2.05) is 4.90 Å². The number of piperazine rings is 1. The predicted molar refractivity (Wildman–Crippen MR) is 115 cm³/mol. The topological polar surface area (TPSA) is 85.8 Å². The van der Waals surface area contributed by atoms with E-state index < -0.39 is 11.7 Å². The van der Waals surface area contributed by atoms with Crippen molar-refractivity contribution in [3.8, 4) is 0 Å². The van der Waals surface area contributed by atoms with Gasteiger partial charge in [-0.15, -0.1) is 0 Å². The summed E-state index contributed by atoms with van der Waals surface area (Å²) in [6, 6.07) is 6.88. The van der Waals surface area contributed by atoms with Gasteiger partial charge in [0, 0.05) is 65.1 Å². The van der Waals surface area contributed by atoms with Crippen LogP contribution in [0.4, 0.5) is 19.1 Å². The molecule has 0 atom stereocenters. The number of alkyl halides is 3. The maximum atomic E-state index is 12.8. The molecule has 32 heavy (non-hydrogen) atoms. The van der Waals surface area contributed by atoms with E-state index in [2.05, 4.69) is 25.6 Å². The average Bonchev–Trinajstić information content (AvgIpc) is 2.81. The highest BCUT2D eigenvalue weighted by atomic mass is 19.4. The number of aromatic nitrogens is 2. The predicted octanol–water partition coefficient (Wildman–Crippen LogP) is 1.90. The zero-order valence-corrected chi connectivity index (χ0v) is 17.8. The number of halogens is 3. The lowest BCUT2D eigenvalue weighted by molar-refractivity contribution is -0.137. The Kier molecular flexibility index (Phi) is 7.85. The fourth-order valence-corrected chi connectivity index (χ4v) is 3.32. The molecule has 172 valence electrons. The molecule has 2 N–H and O–H groups in total. The highest BCUT2D eigenvalue weighted by molar-refractivity contribution is 5.81. The molecule has 1 aromatic heterocycles. The number of hydrogen-bond donors (Lipinski definition) is 2. The third kappa shape index (κ3) is 6.56. The van der Waals surface area contributed by atoms with Gasteiger partial charge in [-0.25, -0.2) is 9.97 Å². The third-order valence-electron chi connectivity index (χ3n) is 5.04. The molecule has 11 heteroatoms. The summed E-state index contributed by atoms with van der Waals surface area (Å²) >= 11 is 0. The van der Waals surface area contributed by atoms with Gasteiger partial charge in [-0.2, -0.15) is 13.2 Å². The minimum absolute atomic E-state index is 0.0273. The van der Waals surface area contributed by atoms with Gasteiger partial charge in [-0.1, -0.05) is 12.1 Å². The molecule has 0 saturated carbocycles. The molecule has 1 fully saturated rings. The second-order valence-corrected chi connectivity index (χ2v) is 7.22. The van der Waals surface area contributed by atoms with E-state index in [1.54, 1.807) is 36.5 Å². The maximum absolute atomic E-state index is 12.8. The minimum Gasteiger partial charge on any atom is -0.356 e. The number of carbonyl (C=O) groups is 1. The molecule has 0 unspecified atom stereocenters. The Balaban J connectivity index is 1.39. The van der Waals surface area contributed by atoms with Crippen LogP contribution in [0.25, 0.3) is 0 Å². The van der Waals surface area contributed by atoms with E-state index in [1.165, 1.54) is 6.07 Å². The number of nitrogens with one attached hydrogen (secondary N) is 2. The summed E-state index contributed by atoms with van der Waals surface area (Å²) in [5.41, 5.74) is -0.205. The first-order valence-corrected chi connectivity index (χ1v) is 10.3. The molecule has 8 nitrogen and oxygen atoms in total. The Bertz CT molecular complexity index is 913. The Morgan fingerprint density at radius 2 is 1.81 bits per heavy atom. The van der Waals surface area contributed by atoms with Crippen molar-refractivity contribution in [3.63, 3.8) is 0 Å². The van der Waals surface area contributed by atoms with E-state index in [0.717, 1.165) is 12.1 Å². The van der Waals surface area contributed by atoms with Gasteiger partial charge < -0.3 is 20.4 Å². The first-order valence-electron chi connectivity index (χ1n) is 10.3. The fraction of sp³-hybridized carbons (Fsp3) is 0.429. The number of nitrogens with zero attached hydrogens (tertiary/aromatic N) is 5. The molecule has 3 rings (SSSR count). The van der Waals surface area contributed by atoms with Crippen LogP contribution in [0.15, 0.2) is 47.7 Å². The summed E-state index contributed by atoms with van der Waals surface area (Å²) in [7, 11) is 1.56. The zero-order valence-electron chi connectivity index (χ0n) is 17.8. The van der Waals surface area contributed by atoms with E-state index in [4.69, 9.17) is 0 Å². The molecule has 0 aliphatic carbocycles. The fourth-order valence-electron chi connectivity index (χ4n) is 3.32.